The molecule has 1 spiro atoms. The standard InChI is InChI=1S/C23H28F3N5O/c1-12(2)31-19(6-18(29-31)13-3-17(23(24,25)26)21(27)28-7-13)20-15-4-14(5-16(15)20)30-8-22(9-30)10-32-11-22/h3,6-7,12,14-16,20H,4-5,8-11H2,1-2H3,(H2,27,28)/t14?,15-,16+,20?. The van der Waals surface area contributed by atoms with Crippen molar-refractivity contribution in [3.63, 3.8) is 0 Å². The Balaban J connectivity index is 1.21. The Hall–Kier alpha value is -2.13. The number of aromatic nitrogens is 3. The van der Waals surface area contributed by atoms with Gasteiger partial charge in [0, 0.05) is 54.0 Å². The van der Waals surface area contributed by atoms with E-state index in [4.69, 9.17) is 10.5 Å². The first-order valence-electron chi connectivity index (χ1n) is 11.4. The molecule has 2 unspecified atom stereocenters. The SMILES string of the molecule is CC(C)n1nc(-c2cnc(N)c(C(F)(F)F)c2)cc1C1[C@H]2CC(N3CC4(COC4)C3)C[C@@H]12. The van der Waals surface area contributed by atoms with Gasteiger partial charge in [0.05, 0.1) is 24.5 Å². The number of fused-ring (bicyclic) bond motifs is 1. The summed E-state index contributed by atoms with van der Waals surface area (Å²) < 4.78 is 47.3. The van der Waals surface area contributed by atoms with Crippen molar-refractivity contribution in [2.75, 3.05) is 32.0 Å². The molecule has 6 nitrogen and oxygen atoms in total. The van der Waals surface area contributed by atoms with Crippen LogP contribution in [0, 0.1) is 17.3 Å². The second-order valence-corrected chi connectivity index (χ2v) is 10.5. The number of rotatable bonds is 4. The maximum Gasteiger partial charge on any atom is 0.419 e. The topological polar surface area (TPSA) is 69.2 Å². The number of nitrogens with zero attached hydrogens (tertiary/aromatic N) is 4. The van der Waals surface area contributed by atoms with Crippen molar-refractivity contribution in [3.05, 3.63) is 29.6 Å². The molecule has 2 aromatic heterocycles. The Morgan fingerprint density at radius 1 is 1.16 bits per heavy atom. The first-order valence-corrected chi connectivity index (χ1v) is 11.4. The summed E-state index contributed by atoms with van der Waals surface area (Å²) >= 11 is 0. The van der Waals surface area contributed by atoms with Gasteiger partial charge < -0.3 is 10.5 Å². The van der Waals surface area contributed by atoms with Crippen LogP contribution in [0.5, 0.6) is 0 Å². The largest absolute Gasteiger partial charge is 0.419 e. The van der Waals surface area contributed by atoms with E-state index in [1.54, 1.807) is 0 Å². The zero-order chi connectivity index (χ0) is 22.4. The number of nitrogen functional groups attached to an aromatic ring is 1. The minimum Gasteiger partial charge on any atom is -0.383 e. The third-order valence-electron chi connectivity index (χ3n) is 7.94. The van der Waals surface area contributed by atoms with Crippen molar-refractivity contribution in [3.8, 4) is 11.3 Å². The van der Waals surface area contributed by atoms with Crippen molar-refractivity contribution in [2.45, 2.75) is 50.9 Å². The van der Waals surface area contributed by atoms with Gasteiger partial charge in [-0.25, -0.2) is 4.98 Å². The van der Waals surface area contributed by atoms with Gasteiger partial charge in [0.15, 0.2) is 0 Å². The molecule has 6 rings (SSSR count). The van der Waals surface area contributed by atoms with Gasteiger partial charge in [0.1, 0.15) is 5.82 Å². The van der Waals surface area contributed by atoms with E-state index >= 15 is 0 Å². The van der Waals surface area contributed by atoms with Gasteiger partial charge in [0.25, 0.3) is 0 Å². The third kappa shape index (κ3) is 3.08. The summed E-state index contributed by atoms with van der Waals surface area (Å²) in [5, 5.41) is 4.68. The number of halogens is 3. The first kappa shape index (κ1) is 20.5. The summed E-state index contributed by atoms with van der Waals surface area (Å²) in [5.41, 5.74) is 7.03. The highest BCUT2D eigenvalue weighted by molar-refractivity contribution is 5.63. The van der Waals surface area contributed by atoms with E-state index in [1.807, 2.05) is 10.7 Å². The van der Waals surface area contributed by atoms with E-state index in [9.17, 15) is 13.2 Å². The highest BCUT2D eigenvalue weighted by Gasteiger charge is 2.61. The number of alkyl halides is 3. The van der Waals surface area contributed by atoms with E-state index in [0.717, 1.165) is 25.0 Å². The van der Waals surface area contributed by atoms with E-state index < -0.39 is 17.6 Å². The smallest absolute Gasteiger partial charge is 0.383 e. The molecule has 0 aromatic carbocycles. The highest BCUT2D eigenvalue weighted by Crippen LogP contribution is 2.65. The van der Waals surface area contributed by atoms with Crippen LogP contribution in [-0.4, -0.2) is 52.0 Å². The molecule has 2 aromatic rings. The minimum absolute atomic E-state index is 0.133. The predicted octanol–water partition coefficient (Wildman–Crippen LogP) is 3.95. The maximum absolute atomic E-state index is 13.3. The molecule has 4 fully saturated rings. The summed E-state index contributed by atoms with van der Waals surface area (Å²) in [6.45, 7) is 8.28. The lowest BCUT2D eigenvalue weighted by Gasteiger charge is -2.57. The lowest BCUT2D eigenvalue weighted by molar-refractivity contribution is -0.198. The monoisotopic (exact) mass is 447 g/mol. The van der Waals surface area contributed by atoms with Gasteiger partial charge in [0.2, 0.25) is 0 Å². The van der Waals surface area contributed by atoms with Crippen molar-refractivity contribution in [1.29, 1.82) is 0 Å². The molecule has 2 saturated heterocycles. The zero-order valence-corrected chi connectivity index (χ0v) is 18.3. The number of ether oxygens (including phenoxy) is 1. The molecule has 2 N–H and O–H groups in total. The molecule has 2 saturated carbocycles. The molecule has 0 amide bonds. The summed E-state index contributed by atoms with van der Waals surface area (Å²) in [6, 6.07) is 3.83. The number of anilines is 1. The van der Waals surface area contributed by atoms with Crippen LogP contribution in [0.2, 0.25) is 0 Å². The summed E-state index contributed by atoms with van der Waals surface area (Å²) in [6.07, 6.45) is -0.756. The Kier molecular flexibility index (Phi) is 4.28. The molecule has 4 heterocycles. The average molecular weight is 448 g/mol. The molecule has 0 bridgehead atoms. The van der Waals surface area contributed by atoms with Gasteiger partial charge in [-0.1, -0.05) is 0 Å². The van der Waals surface area contributed by atoms with Crippen molar-refractivity contribution < 1.29 is 17.9 Å². The fourth-order valence-corrected chi connectivity index (χ4v) is 6.25. The molecule has 2 aliphatic carbocycles. The Bertz CT molecular complexity index is 1040. The first-order chi connectivity index (χ1) is 15.2. The average Bonchev–Trinajstić information content (AvgIpc) is 3.02. The number of likely N-dealkylation sites (tertiary alicyclic amines) is 1. The zero-order valence-electron chi connectivity index (χ0n) is 18.3. The number of hydrogen-bond donors (Lipinski definition) is 1. The Morgan fingerprint density at radius 2 is 1.84 bits per heavy atom. The van der Waals surface area contributed by atoms with Crippen LogP contribution >= 0.6 is 0 Å². The maximum atomic E-state index is 13.3. The fourth-order valence-electron chi connectivity index (χ4n) is 6.25. The Morgan fingerprint density at radius 3 is 2.41 bits per heavy atom. The van der Waals surface area contributed by atoms with Crippen LogP contribution in [0.1, 0.15) is 49.9 Å². The quantitative estimate of drug-likeness (QED) is 0.769. The molecule has 0 radical (unpaired) electrons. The minimum atomic E-state index is -4.54. The van der Waals surface area contributed by atoms with Crippen LogP contribution in [0.3, 0.4) is 0 Å². The van der Waals surface area contributed by atoms with Crippen LogP contribution in [0.15, 0.2) is 18.3 Å². The fraction of sp³-hybridized carbons (Fsp3) is 0.652. The van der Waals surface area contributed by atoms with Gasteiger partial charge in [-0.3, -0.25) is 9.58 Å². The van der Waals surface area contributed by atoms with Gasteiger partial charge in [-0.05, 0) is 50.7 Å². The van der Waals surface area contributed by atoms with Crippen LogP contribution in [0.4, 0.5) is 19.0 Å². The molecule has 32 heavy (non-hydrogen) atoms. The molecule has 4 aliphatic rings. The van der Waals surface area contributed by atoms with Crippen molar-refractivity contribution in [2.24, 2.45) is 17.3 Å². The number of hydrogen-bond acceptors (Lipinski definition) is 5. The number of pyridine rings is 1. The van der Waals surface area contributed by atoms with Crippen molar-refractivity contribution in [1.82, 2.24) is 19.7 Å². The normalized spacial score (nSPS) is 30.9. The van der Waals surface area contributed by atoms with Crippen LogP contribution < -0.4 is 5.73 Å². The van der Waals surface area contributed by atoms with Crippen LogP contribution in [-0.2, 0) is 10.9 Å². The molecule has 9 heteroatoms. The second-order valence-electron chi connectivity index (χ2n) is 10.5. The van der Waals surface area contributed by atoms with Gasteiger partial charge in [-0.2, -0.15) is 18.3 Å². The Labute approximate surface area is 184 Å². The van der Waals surface area contributed by atoms with Crippen molar-refractivity contribution >= 4 is 5.82 Å². The molecule has 2 aliphatic heterocycles. The third-order valence-corrected chi connectivity index (χ3v) is 7.94. The van der Waals surface area contributed by atoms with E-state index in [-0.39, 0.29) is 6.04 Å². The lowest BCUT2D eigenvalue weighted by atomic mass is 9.76. The summed E-state index contributed by atoms with van der Waals surface area (Å²) in [5.74, 6) is 1.23. The van der Waals surface area contributed by atoms with E-state index in [2.05, 4.69) is 28.8 Å². The van der Waals surface area contributed by atoms with E-state index in [1.165, 1.54) is 32.1 Å². The molecule has 172 valence electrons. The van der Waals surface area contributed by atoms with Gasteiger partial charge >= 0.3 is 6.18 Å². The molecular formula is C23H28F3N5O. The van der Waals surface area contributed by atoms with Crippen LogP contribution in [0.25, 0.3) is 11.3 Å². The number of nitrogens with two attached hydrogens (primary N) is 1. The summed E-state index contributed by atoms with van der Waals surface area (Å²) in [4.78, 5) is 6.41. The predicted molar refractivity (Wildman–Crippen MR) is 113 cm³/mol. The highest BCUT2D eigenvalue weighted by atomic mass is 19.4. The molecular weight excluding hydrogens is 419 g/mol. The van der Waals surface area contributed by atoms with E-state index in [0.29, 0.717) is 40.5 Å². The lowest BCUT2D eigenvalue weighted by Crippen LogP contribution is -2.67. The second kappa shape index (κ2) is 6.70. The van der Waals surface area contributed by atoms with Gasteiger partial charge in [-0.15, -0.1) is 0 Å². The molecule has 4 atom stereocenters. The summed E-state index contributed by atoms with van der Waals surface area (Å²) in [7, 11) is 0.